The van der Waals surface area contributed by atoms with Crippen LogP contribution in [0.2, 0.25) is 0 Å². The minimum absolute atomic E-state index is 0.0244. The molecule has 3 atom stereocenters. The summed E-state index contributed by atoms with van der Waals surface area (Å²) in [7, 11) is 3.52. The number of likely N-dealkylation sites (N-methyl/N-ethyl adjacent to an activating group) is 1. The lowest BCUT2D eigenvalue weighted by Gasteiger charge is -2.37. The third-order valence-corrected chi connectivity index (χ3v) is 5.97. The van der Waals surface area contributed by atoms with Gasteiger partial charge in [-0.25, -0.2) is 0 Å². The molecule has 2 heterocycles. The molecule has 0 spiro atoms. The number of nitrogens with zero attached hydrogens (tertiary/aromatic N) is 2. The molecule has 3 rings (SSSR count). The summed E-state index contributed by atoms with van der Waals surface area (Å²) in [4.78, 5) is 18.5. The summed E-state index contributed by atoms with van der Waals surface area (Å²) in [5.74, 6) is 0.511. The second-order valence-electron chi connectivity index (χ2n) is 7.10. The van der Waals surface area contributed by atoms with E-state index in [2.05, 4.69) is 24.0 Å². The number of hydrogen-bond acceptors (Lipinski definition) is 5. The van der Waals surface area contributed by atoms with Crippen LogP contribution in [0, 0.1) is 12.8 Å². The number of carbonyl (C=O) groups is 1. The molecular weight excluding hydrogens is 324 g/mol. The topological polar surface area (TPSA) is 42.0 Å². The molecule has 1 aromatic heterocycles. The first-order valence-electron chi connectivity index (χ1n) is 8.72. The largest absolute Gasteiger partial charge is 0.375 e. The van der Waals surface area contributed by atoms with Gasteiger partial charge in [-0.2, -0.15) is 0 Å². The van der Waals surface area contributed by atoms with E-state index in [-0.39, 0.29) is 12.5 Å². The summed E-state index contributed by atoms with van der Waals surface area (Å²) in [5.41, 5.74) is 0. The van der Waals surface area contributed by atoms with Crippen molar-refractivity contribution in [3.63, 3.8) is 0 Å². The van der Waals surface area contributed by atoms with Crippen molar-refractivity contribution < 1.29 is 14.3 Å². The second kappa shape index (κ2) is 7.95. The van der Waals surface area contributed by atoms with Crippen LogP contribution in [0.4, 0.5) is 0 Å². The number of hydrogen-bond donors (Lipinski definition) is 0. The van der Waals surface area contributed by atoms with Crippen LogP contribution in [0.3, 0.4) is 0 Å². The number of carbonyl (C=O) groups excluding carboxylic acids is 1. The van der Waals surface area contributed by atoms with E-state index in [0.717, 1.165) is 32.5 Å². The SMILES string of the molecule is Cc1ccc(CN2CCO[C@@H]3C[C@@H](COCC(=O)N(C)C)C[C@@H]32)s1. The van der Waals surface area contributed by atoms with Crippen molar-refractivity contribution in [2.75, 3.05) is 40.5 Å². The highest BCUT2D eigenvalue weighted by molar-refractivity contribution is 7.11. The third-order valence-electron chi connectivity index (χ3n) is 4.98. The quantitative estimate of drug-likeness (QED) is 0.787. The van der Waals surface area contributed by atoms with Gasteiger partial charge in [0.25, 0.3) is 0 Å². The molecule has 2 fully saturated rings. The average Bonchev–Trinajstić information content (AvgIpc) is 3.13. The predicted molar refractivity (Wildman–Crippen MR) is 95.2 cm³/mol. The van der Waals surface area contributed by atoms with Crippen LogP contribution >= 0.6 is 11.3 Å². The van der Waals surface area contributed by atoms with Crippen molar-refractivity contribution in [3.8, 4) is 0 Å². The number of morpholine rings is 1. The molecule has 0 radical (unpaired) electrons. The molecule has 1 amide bonds. The Morgan fingerprint density at radius 3 is 2.96 bits per heavy atom. The van der Waals surface area contributed by atoms with E-state index in [4.69, 9.17) is 9.47 Å². The summed E-state index contributed by atoms with van der Waals surface area (Å²) in [6, 6.07) is 4.93. The van der Waals surface area contributed by atoms with E-state index in [1.165, 1.54) is 9.75 Å². The zero-order valence-electron chi connectivity index (χ0n) is 14.9. The molecule has 6 heteroatoms. The van der Waals surface area contributed by atoms with Crippen LogP contribution in [-0.4, -0.2) is 68.3 Å². The second-order valence-corrected chi connectivity index (χ2v) is 8.47. The van der Waals surface area contributed by atoms with Gasteiger partial charge in [-0.1, -0.05) is 0 Å². The minimum atomic E-state index is 0.0244. The maximum atomic E-state index is 11.6. The Morgan fingerprint density at radius 1 is 1.42 bits per heavy atom. The molecule has 24 heavy (non-hydrogen) atoms. The lowest BCUT2D eigenvalue weighted by Crippen LogP contribution is -2.47. The molecule has 0 bridgehead atoms. The van der Waals surface area contributed by atoms with Gasteiger partial charge in [-0.05, 0) is 37.8 Å². The molecule has 0 unspecified atom stereocenters. The van der Waals surface area contributed by atoms with Crippen molar-refractivity contribution in [2.24, 2.45) is 5.92 Å². The van der Waals surface area contributed by atoms with Crippen molar-refractivity contribution in [3.05, 3.63) is 21.9 Å². The van der Waals surface area contributed by atoms with E-state index < -0.39 is 0 Å². The van der Waals surface area contributed by atoms with Gasteiger partial charge in [-0.3, -0.25) is 9.69 Å². The van der Waals surface area contributed by atoms with Crippen LogP contribution in [-0.2, 0) is 20.8 Å². The fourth-order valence-corrected chi connectivity index (χ4v) is 4.59. The molecule has 1 saturated heterocycles. The molecule has 0 N–H and O–H groups in total. The fraction of sp³-hybridized carbons (Fsp3) is 0.722. The monoisotopic (exact) mass is 352 g/mol. The summed E-state index contributed by atoms with van der Waals surface area (Å²) in [6.45, 7) is 5.84. The Balaban J connectivity index is 1.50. The smallest absolute Gasteiger partial charge is 0.248 e. The molecule has 1 saturated carbocycles. The highest BCUT2D eigenvalue weighted by atomic mass is 32.1. The van der Waals surface area contributed by atoms with E-state index in [1.807, 2.05) is 11.3 Å². The van der Waals surface area contributed by atoms with E-state index in [1.54, 1.807) is 19.0 Å². The summed E-state index contributed by atoms with van der Waals surface area (Å²) in [6.07, 6.45) is 2.46. The van der Waals surface area contributed by atoms with Gasteiger partial charge in [-0.15, -0.1) is 11.3 Å². The first-order chi connectivity index (χ1) is 11.5. The van der Waals surface area contributed by atoms with E-state index >= 15 is 0 Å². The normalized spacial score (nSPS) is 27.2. The van der Waals surface area contributed by atoms with Crippen LogP contribution < -0.4 is 0 Å². The summed E-state index contributed by atoms with van der Waals surface area (Å²) in [5, 5.41) is 0. The Morgan fingerprint density at radius 2 is 2.25 bits per heavy atom. The number of ether oxygens (including phenoxy) is 2. The van der Waals surface area contributed by atoms with Gasteiger partial charge in [0.1, 0.15) is 6.61 Å². The number of amides is 1. The van der Waals surface area contributed by atoms with Crippen molar-refractivity contribution in [1.29, 1.82) is 0 Å². The van der Waals surface area contributed by atoms with Crippen LogP contribution in [0.5, 0.6) is 0 Å². The predicted octanol–water partition coefficient (Wildman–Crippen LogP) is 2.14. The summed E-state index contributed by atoms with van der Waals surface area (Å²) >= 11 is 1.89. The first kappa shape index (κ1) is 17.9. The number of rotatable bonds is 6. The molecule has 5 nitrogen and oxygen atoms in total. The molecular formula is C18H28N2O3S. The standard InChI is InChI=1S/C18H28N2O3S/c1-13-4-5-15(24-13)10-20-6-7-23-17-9-14(8-16(17)20)11-22-12-18(21)19(2)3/h4-5,14,16-17H,6-12H2,1-3H3/t14-,16-,17+/m0/s1. The van der Waals surface area contributed by atoms with Gasteiger partial charge < -0.3 is 14.4 Å². The van der Waals surface area contributed by atoms with Crippen LogP contribution in [0.1, 0.15) is 22.6 Å². The molecule has 2 aliphatic rings. The van der Waals surface area contributed by atoms with Gasteiger partial charge >= 0.3 is 0 Å². The Hall–Kier alpha value is -0.950. The molecule has 1 aromatic rings. The van der Waals surface area contributed by atoms with Crippen LogP contribution in [0.25, 0.3) is 0 Å². The van der Waals surface area contributed by atoms with Gasteiger partial charge in [0.15, 0.2) is 0 Å². The highest BCUT2D eigenvalue weighted by Gasteiger charge is 2.41. The lowest BCUT2D eigenvalue weighted by atomic mass is 10.1. The fourth-order valence-electron chi connectivity index (χ4n) is 3.67. The van der Waals surface area contributed by atoms with Gasteiger partial charge in [0.05, 0.1) is 19.3 Å². The van der Waals surface area contributed by atoms with E-state index in [0.29, 0.717) is 24.7 Å². The lowest BCUT2D eigenvalue weighted by molar-refractivity contribution is -0.134. The highest BCUT2D eigenvalue weighted by Crippen LogP contribution is 2.35. The minimum Gasteiger partial charge on any atom is -0.375 e. The van der Waals surface area contributed by atoms with Gasteiger partial charge in [0, 0.05) is 43.0 Å². The molecule has 0 aromatic carbocycles. The molecule has 134 valence electrons. The van der Waals surface area contributed by atoms with Crippen molar-refractivity contribution in [1.82, 2.24) is 9.80 Å². The van der Waals surface area contributed by atoms with E-state index in [9.17, 15) is 4.79 Å². The van der Waals surface area contributed by atoms with Crippen molar-refractivity contribution in [2.45, 2.75) is 38.5 Å². The Labute approximate surface area is 148 Å². The number of thiophene rings is 1. The van der Waals surface area contributed by atoms with Crippen molar-refractivity contribution >= 4 is 17.2 Å². The number of fused-ring (bicyclic) bond motifs is 1. The Kier molecular flexibility index (Phi) is 5.92. The Bertz CT molecular complexity index is 560. The maximum Gasteiger partial charge on any atom is 0.248 e. The summed E-state index contributed by atoms with van der Waals surface area (Å²) < 4.78 is 11.6. The zero-order chi connectivity index (χ0) is 17.1. The molecule has 1 aliphatic carbocycles. The number of aryl methyl sites for hydroxylation is 1. The third kappa shape index (κ3) is 4.36. The average molecular weight is 353 g/mol. The molecule has 1 aliphatic heterocycles. The first-order valence-corrected chi connectivity index (χ1v) is 9.53. The van der Waals surface area contributed by atoms with Gasteiger partial charge in [0.2, 0.25) is 5.91 Å². The van der Waals surface area contributed by atoms with Crippen LogP contribution in [0.15, 0.2) is 12.1 Å². The zero-order valence-corrected chi connectivity index (χ0v) is 15.7. The maximum absolute atomic E-state index is 11.6.